The van der Waals surface area contributed by atoms with Crippen molar-refractivity contribution in [3.8, 4) is 34.5 Å². The second kappa shape index (κ2) is 50.1. The minimum Gasteiger partial charge on any atom is -0.461 e. The van der Waals surface area contributed by atoms with Crippen LogP contribution in [0.15, 0.2) is 333 Å². The van der Waals surface area contributed by atoms with Gasteiger partial charge in [-0.1, -0.05) is 146 Å². The summed E-state index contributed by atoms with van der Waals surface area (Å²) in [6.07, 6.45) is 0. The maximum Gasteiger partial charge on any atom is 0.351 e. The van der Waals surface area contributed by atoms with Gasteiger partial charge in [0.05, 0.1) is 9.95 Å². The summed E-state index contributed by atoms with van der Waals surface area (Å²) in [5, 5.41) is 16.0. The van der Waals surface area contributed by atoms with Gasteiger partial charge in [-0.2, -0.15) is 0 Å². The van der Waals surface area contributed by atoms with Gasteiger partial charge in [0, 0.05) is 105 Å². The molecule has 740 valence electrons. The summed E-state index contributed by atoms with van der Waals surface area (Å²) in [7, 11) is 0. The van der Waals surface area contributed by atoms with Crippen molar-refractivity contribution in [1.29, 1.82) is 0 Å². The van der Waals surface area contributed by atoms with Crippen LogP contribution in [0.4, 0.5) is 10.1 Å². The van der Waals surface area contributed by atoms with Crippen molar-refractivity contribution in [2.24, 2.45) is 0 Å². The van der Waals surface area contributed by atoms with Gasteiger partial charge in [-0.3, -0.25) is 14.9 Å². The molecule has 18 rings (SSSR count). The van der Waals surface area contributed by atoms with Crippen molar-refractivity contribution < 1.29 is 103 Å². The van der Waals surface area contributed by atoms with Crippen LogP contribution in [0, 0.1) is 15.9 Å². The second-order valence-corrected chi connectivity index (χ2v) is 34.9. The maximum atomic E-state index is 13.3. The van der Waals surface area contributed by atoms with Crippen LogP contribution in [0.3, 0.4) is 0 Å². The highest BCUT2D eigenvalue weighted by Crippen LogP contribution is 2.35. The molecule has 29 nitrogen and oxygen atoms in total. The smallest absolute Gasteiger partial charge is 0.351 e. The number of alkyl halides is 5. The molecular formula is C104H60BrCl11FNO28. The molecule has 0 radical (unpaired) electrons. The molecule has 6 aromatic heterocycles. The lowest BCUT2D eigenvalue weighted by molar-refractivity contribution is -0.385. The van der Waals surface area contributed by atoms with Gasteiger partial charge in [-0.15, -0.1) is 58.0 Å². The van der Waals surface area contributed by atoms with Crippen LogP contribution in [0.1, 0.15) is 102 Å². The Hall–Kier alpha value is -14.8. The van der Waals surface area contributed by atoms with E-state index in [1.165, 1.54) is 85.8 Å². The minimum atomic E-state index is -1.20. The minimum absolute atomic E-state index is 0.0585. The van der Waals surface area contributed by atoms with Crippen LogP contribution < -0.4 is 62.2 Å². The number of carbonyl (C=O) groups is 7. The van der Waals surface area contributed by atoms with Gasteiger partial charge in [0.25, 0.3) is 0 Å². The Morgan fingerprint density at radius 1 is 0.315 bits per heavy atom. The molecule has 0 aliphatic rings. The summed E-state index contributed by atoms with van der Waals surface area (Å²) in [6, 6.07) is 69.2. The number of esters is 7. The van der Waals surface area contributed by atoms with Crippen LogP contribution in [-0.2, 0) is 45.5 Å². The van der Waals surface area contributed by atoms with E-state index in [1.807, 2.05) is 0 Å². The van der Waals surface area contributed by atoms with Gasteiger partial charge in [0.15, 0.2) is 5.75 Å². The number of fused-ring (bicyclic) bond motifs is 6. The Kier molecular flexibility index (Phi) is 37.2. The molecule has 12 aromatic carbocycles. The van der Waals surface area contributed by atoms with Crippen molar-refractivity contribution in [1.82, 2.24) is 0 Å². The standard InChI is InChI=1S/C19H13ClO6.C17H10BrClO4.2C17H9Cl3O4.C17H10Cl2O4.C17H9ClFNO6/c1-11(21)24-10-12-5-6-17-13(7-12)8-16(19(23)26-17)18(22)25-15-4-2-3-14(20)9-15;18-12-2-1-3-13(8-12)22-16(20)14-7-11-6-10(9-19)4-5-15(11)23-17(14)21;18-8-9-1-2-15-10(3-9)4-14(17(22)24-15)16(21)23-13-6-11(19)5-12(20)7-13;18-8-9-4-5-13-10(6-9)7-11(16(21)23-13)17(22)24-14-3-1-2-12(19)15(14)20;18-9-10-4-5-15-11(6-10)7-14(17(21)23-15)16(20)22-13-3-1-2-12(19)8-13;18-8-9-1-4-14-10(5-9)6-12(16(21)25-14)17(22)26-15-7-11(19)2-3-13(15)20(23)24/h2-9H,10H2,1H3;1-8H,9H2;2*1-7H,8H2;1-8H,9H2;1-7H,8H2. The third kappa shape index (κ3) is 28.9. The van der Waals surface area contributed by atoms with E-state index in [-0.39, 0.29) is 78.9 Å². The maximum absolute atomic E-state index is 13.3. The molecule has 0 atom stereocenters. The molecule has 0 saturated heterocycles. The van der Waals surface area contributed by atoms with Crippen molar-refractivity contribution >= 4 is 257 Å². The lowest BCUT2D eigenvalue weighted by Crippen LogP contribution is -2.19. The molecule has 0 spiro atoms. The topological polar surface area (TPSA) is 408 Å². The Morgan fingerprint density at radius 2 is 0.603 bits per heavy atom. The zero-order valence-electron chi connectivity index (χ0n) is 74.0. The molecule has 0 unspecified atom stereocenters. The average molecular weight is 2260 g/mol. The Labute approximate surface area is 882 Å². The fourth-order valence-corrected chi connectivity index (χ4v) is 15.4. The first-order valence-corrected chi connectivity index (χ1v) is 47.4. The summed E-state index contributed by atoms with van der Waals surface area (Å²) >= 11 is 67.4. The number of benzene rings is 12. The van der Waals surface area contributed by atoms with Gasteiger partial charge in [0.1, 0.15) is 107 Å². The molecule has 18 aromatic rings. The first kappa shape index (κ1) is 108. The van der Waals surface area contributed by atoms with Crippen LogP contribution in [0.25, 0.3) is 65.8 Å². The molecule has 0 N–H and O–H groups in total. The van der Waals surface area contributed by atoms with Gasteiger partial charge in [-0.05, 0) is 234 Å². The number of rotatable bonds is 20. The first-order valence-electron chi connectivity index (χ1n) is 41.7. The third-order valence-electron chi connectivity index (χ3n) is 19.8. The van der Waals surface area contributed by atoms with Crippen molar-refractivity contribution in [3.63, 3.8) is 0 Å². The summed E-state index contributed by atoms with van der Waals surface area (Å²) < 4.78 is 80.5. The molecule has 0 amide bonds. The fourth-order valence-electron chi connectivity index (χ4n) is 13.0. The predicted octanol–water partition coefficient (Wildman–Crippen LogP) is 26.6. The Balaban J connectivity index is 0.000000147. The first-order chi connectivity index (χ1) is 69.9. The number of nitrogens with zero attached hydrogens (tertiary/aromatic N) is 1. The normalized spacial score (nSPS) is 10.7. The van der Waals surface area contributed by atoms with Gasteiger partial charge < -0.3 is 59.7 Å². The fraction of sp³-hybridized carbons (Fsp3) is 0.0673. The zero-order chi connectivity index (χ0) is 105. The molecular weight excluding hydrogens is 2200 g/mol. The van der Waals surface area contributed by atoms with Crippen LogP contribution in [-0.4, -0.2) is 46.7 Å². The van der Waals surface area contributed by atoms with Gasteiger partial charge in [-0.25, -0.2) is 61.9 Å². The summed E-state index contributed by atoms with van der Waals surface area (Å²) in [4.78, 5) is 167. The third-order valence-corrected chi connectivity index (χ3v) is 23.6. The molecule has 42 heteroatoms. The SMILES string of the molecule is CC(=O)OCc1ccc2oc(=O)c(C(=O)Oc3cccc(Cl)c3)cc2c1.O=C(Oc1cc(Cl)cc(Cl)c1)c1cc2cc(CCl)ccc2oc1=O.O=C(Oc1cc(F)ccc1[N+](=O)[O-])c1cc2cc(CCl)ccc2oc1=O.O=C(Oc1cccc(Br)c1)c1cc2cc(CCl)ccc2oc1=O.O=C(Oc1cccc(Cl)c1)c1cc2cc(CCl)ccc2oc1=O.O=C(Oc1cccc(Cl)c1Cl)c1cc2cc(CCl)ccc2oc1=O. The molecule has 0 aliphatic carbocycles. The van der Waals surface area contributed by atoms with Crippen molar-refractivity contribution in [3.05, 3.63) is 453 Å². The van der Waals surface area contributed by atoms with E-state index in [0.29, 0.717) is 121 Å². The average Bonchev–Trinajstić information content (AvgIpc) is 0.811. The van der Waals surface area contributed by atoms with Gasteiger partial charge in [0.2, 0.25) is 5.75 Å². The second-order valence-electron chi connectivity index (χ2n) is 30.1. The zero-order valence-corrected chi connectivity index (χ0v) is 83.9. The molecule has 0 aliphatic heterocycles. The van der Waals surface area contributed by atoms with Gasteiger partial charge >= 0.3 is 81.2 Å². The number of hydrogen-bond acceptors (Lipinski definition) is 28. The van der Waals surface area contributed by atoms with E-state index in [1.54, 1.807) is 176 Å². The van der Waals surface area contributed by atoms with Crippen LogP contribution in [0.2, 0.25) is 30.1 Å². The number of nitro benzene ring substituents is 1. The van der Waals surface area contributed by atoms with E-state index in [2.05, 4.69) is 15.9 Å². The quantitative estimate of drug-likeness (QED) is 0.0171. The van der Waals surface area contributed by atoms with E-state index < -0.39 is 103 Å². The summed E-state index contributed by atoms with van der Waals surface area (Å²) in [5.74, 6) is -4.80. The lowest BCUT2D eigenvalue weighted by Gasteiger charge is -2.07. The molecule has 0 saturated carbocycles. The van der Waals surface area contributed by atoms with Crippen LogP contribution >= 0.6 is 144 Å². The van der Waals surface area contributed by atoms with E-state index >= 15 is 0 Å². The molecule has 146 heavy (non-hydrogen) atoms. The molecule has 0 bridgehead atoms. The highest BCUT2D eigenvalue weighted by Gasteiger charge is 2.27. The Morgan fingerprint density at radius 3 is 0.918 bits per heavy atom. The molecule has 0 fully saturated rings. The highest BCUT2D eigenvalue weighted by molar-refractivity contribution is 9.10. The number of hydrogen-bond donors (Lipinski definition) is 0. The van der Waals surface area contributed by atoms with E-state index in [4.69, 9.17) is 187 Å². The van der Waals surface area contributed by atoms with E-state index in [0.717, 1.165) is 44.4 Å². The largest absolute Gasteiger partial charge is 0.461 e. The molecule has 6 heterocycles. The lowest BCUT2D eigenvalue weighted by atomic mass is 10.1. The van der Waals surface area contributed by atoms with Crippen LogP contribution in [0.5, 0.6) is 34.5 Å². The number of halogens is 13. The van der Waals surface area contributed by atoms with Crippen molar-refractivity contribution in [2.45, 2.75) is 42.9 Å². The monoisotopic (exact) mass is 2250 g/mol. The summed E-state index contributed by atoms with van der Waals surface area (Å²) in [6.45, 7) is 1.39. The Bertz CT molecular complexity index is 8410. The van der Waals surface area contributed by atoms with Crippen molar-refractivity contribution in [2.75, 3.05) is 0 Å². The number of carbonyl (C=O) groups excluding carboxylic acids is 7. The highest BCUT2D eigenvalue weighted by atomic mass is 79.9. The number of ether oxygens (including phenoxy) is 7. The van der Waals surface area contributed by atoms with E-state index in [9.17, 15) is 76.8 Å². The number of nitro groups is 1. The predicted molar refractivity (Wildman–Crippen MR) is 551 cm³/mol. The summed E-state index contributed by atoms with van der Waals surface area (Å²) in [5.41, 5.74) is -0.255.